The molecule has 0 spiro atoms. The SMILES string of the molecule is Cc1cc(C#N)ccc1NC(=O)Nc1cccc(C2OC(=O)CC2(C)C)c1. The summed E-state index contributed by atoms with van der Waals surface area (Å²) in [5.41, 5.74) is 3.14. The number of hydrogen-bond acceptors (Lipinski definition) is 4. The van der Waals surface area contributed by atoms with E-state index in [1.54, 1.807) is 24.3 Å². The Morgan fingerprint density at radius 1 is 1.22 bits per heavy atom. The molecule has 1 heterocycles. The van der Waals surface area contributed by atoms with Gasteiger partial charge in [0.25, 0.3) is 0 Å². The number of nitrogens with one attached hydrogen (secondary N) is 2. The van der Waals surface area contributed by atoms with Crippen LogP contribution < -0.4 is 10.6 Å². The van der Waals surface area contributed by atoms with Gasteiger partial charge in [-0.15, -0.1) is 0 Å². The standard InChI is InChI=1S/C21H21N3O3/c1-13-9-14(12-22)7-8-17(13)24-20(26)23-16-6-4-5-15(10-16)19-21(2,3)11-18(25)27-19/h4-10,19H,11H2,1-3H3,(H2,23,24,26). The Bertz CT molecular complexity index is 944. The first-order valence-electron chi connectivity index (χ1n) is 8.67. The molecule has 1 aliphatic rings. The minimum atomic E-state index is -0.386. The molecule has 1 atom stereocenters. The number of nitriles is 1. The van der Waals surface area contributed by atoms with Crippen molar-refractivity contribution in [3.63, 3.8) is 0 Å². The van der Waals surface area contributed by atoms with Crippen LogP contribution in [0.2, 0.25) is 0 Å². The summed E-state index contributed by atoms with van der Waals surface area (Å²) >= 11 is 0. The van der Waals surface area contributed by atoms with Crippen LogP contribution in [0.4, 0.5) is 16.2 Å². The number of aryl methyl sites for hydroxylation is 1. The molecular formula is C21H21N3O3. The van der Waals surface area contributed by atoms with Crippen molar-refractivity contribution >= 4 is 23.4 Å². The number of ether oxygens (including phenoxy) is 1. The maximum atomic E-state index is 12.3. The number of esters is 1. The van der Waals surface area contributed by atoms with E-state index in [2.05, 4.69) is 16.7 Å². The third-order valence-electron chi connectivity index (χ3n) is 4.61. The Hall–Kier alpha value is -3.33. The maximum Gasteiger partial charge on any atom is 0.323 e. The molecule has 0 saturated carbocycles. The van der Waals surface area contributed by atoms with Gasteiger partial charge >= 0.3 is 12.0 Å². The van der Waals surface area contributed by atoms with E-state index in [0.29, 0.717) is 23.4 Å². The van der Waals surface area contributed by atoms with Gasteiger partial charge in [-0.25, -0.2) is 4.79 Å². The molecule has 0 bridgehead atoms. The molecule has 3 rings (SSSR count). The van der Waals surface area contributed by atoms with Crippen molar-refractivity contribution in [1.82, 2.24) is 0 Å². The van der Waals surface area contributed by atoms with Gasteiger partial charge in [0.2, 0.25) is 0 Å². The number of rotatable bonds is 3. The Labute approximate surface area is 158 Å². The van der Waals surface area contributed by atoms with Crippen LogP contribution in [0.15, 0.2) is 42.5 Å². The zero-order chi connectivity index (χ0) is 19.6. The number of nitrogens with zero attached hydrogens (tertiary/aromatic N) is 1. The number of anilines is 2. The second-order valence-electron chi connectivity index (χ2n) is 7.38. The summed E-state index contributed by atoms with van der Waals surface area (Å²) in [4.78, 5) is 24.0. The molecule has 1 aliphatic heterocycles. The van der Waals surface area contributed by atoms with Gasteiger partial charge in [-0.05, 0) is 48.4 Å². The average molecular weight is 363 g/mol. The van der Waals surface area contributed by atoms with Crippen LogP contribution in [-0.4, -0.2) is 12.0 Å². The number of carbonyl (C=O) groups is 2. The molecule has 6 heteroatoms. The molecule has 2 amide bonds. The Kier molecular flexibility index (Phi) is 4.87. The number of hydrogen-bond donors (Lipinski definition) is 2. The van der Waals surface area contributed by atoms with Gasteiger partial charge in [0, 0.05) is 16.8 Å². The van der Waals surface area contributed by atoms with Crippen LogP contribution in [0.1, 0.15) is 43.1 Å². The summed E-state index contributed by atoms with van der Waals surface area (Å²) in [6.45, 7) is 5.81. The highest BCUT2D eigenvalue weighted by atomic mass is 16.6. The van der Waals surface area contributed by atoms with Gasteiger partial charge in [-0.2, -0.15) is 5.26 Å². The quantitative estimate of drug-likeness (QED) is 0.784. The summed E-state index contributed by atoms with van der Waals surface area (Å²) < 4.78 is 5.46. The van der Waals surface area contributed by atoms with Gasteiger partial charge in [-0.3, -0.25) is 4.79 Å². The molecule has 138 valence electrons. The number of benzene rings is 2. The topological polar surface area (TPSA) is 91.2 Å². The first-order valence-corrected chi connectivity index (χ1v) is 8.67. The number of carbonyl (C=O) groups excluding carboxylic acids is 2. The molecule has 6 nitrogen and oxygen atoms in total. The molecular weight excluding hydrogens is 342 g/mol. The molecule has 1 fully saturated rings. The van der Waals surface area contributed by atoms with Gasteiger partial charge in [0.1, 0.15) is 6.10 Å². The van der Waals surface area contributed by atoms with Crippen molar-refractivity contribution in [3.05, 3.63) is 59.2 Å². The summed E-state index contributed by atoms with van der Waals surface area (Å²) in [6, 6.07) is 14.0. The Balaban J connectivity index is 1.72. The van der Waals surface area contributed by atoms with E-state index in [9.17, 15) is 9.59 Å². The molecule has 2 aromatic carbocycles. The minimum Gasteiger partial charge on any atom is -0.457 e. The van der Waals surface area contributed by atoms with E-state index in [0.717, 1.165) is 11.1 Å². The van der Waals surface area contributed by atoms with E-state index in [4.69, 9.17) is 10.00 Å². The van der Waals surface area contributed by atoms with Crippen molar-refractivity contribution in [2.75, 3.05) is 10.6 Å². The number of amides is 2. The molecule has 2 N–H and O–H groups in total. The van der Waals surface area contributed by atoms with Crippen molar-refractivity contribution in [2.24, 2.45) is 5.41 Å². The second-order valence-corrected chi connectivity index (χ2v) is 7.38. The van der Waals surface area contributed by atoms with E-state index < -0.39 is 0 Å². The fourth-order valence-electron chi connectivity index (χ4n) is 3.25. The molecule has 0 aromatic heterocycles. The van der Waals surface area contributed by atoms with Crippen molar-refractivity contribution in [2.45, 2.75) is 33.3 Å². The first-order chi connectivity index (χ1) is 12.8. The van der Waals surface area contributed by atoms with Crippen LogP contribution >= 0.6 is 0 Å². The summed E-state index contributed by atoms with van der Waals surface area (Å²) in [5, 5.41) is 14.5. The lowest BCUT2D eigenvalue weighted by Gasteiger charge is -2.24. The van der Waals surface area contributed by atoms with Gasteiger partial charge < -0.3 is 15.4 Å². The lowest BCUT2D eigenvalue weighted by atomic mass is 9.82. The van der Waals surface area contributed by atoms with Crippen LogP contribution in [0.5, 0.6) is 0 Å². The highest BCUT2D eigenvalue weighted by Crippen LogP contribution is 2.45. The van der Waals surface area contributed by atoms with Gasteiger partial charge in [0.05, 0.1) is 18.1 Å². The van der Waals surface area contributed by atoms with Crippen molar-refractivity contribution in [1.29, 1.82) is 5.26 Å². The Morgan fingerprint density at radius 2 is 2.00 bits per heavy atom. The normalized spacial score (nSPS) is 17.7. The Morgan fingerprint density at radius 3 is 2.63 bits per heavy atom. The predicted molar refractivity (Wildman–Crippen MR) is 102 cm³/mol. The third-order valence-corrected chi connectivity index (χ3v) is 4.61. The average Bonchev–Trinajstić information content (AvgIpc) is 2.89. The smallest absolute Gasteiger partial charge is 0.323 e. The monoisotopic (exact) mass is 363 g/mol. The predicted octanol–water partition coefficient (Wildman–Crippen LogP) is 4.52. The van der Waals surface area contributed by atoms with Crippen molar-refractivity contribution < 1.29 is 14.3 Å². The molecule has 1 unspecified atom stereocenters. The van der Waals surface area contributed by atoms with Gasteiger partial charge in [-0.1, -0.05) is 26.0 Å². The van der Waals surface area contributed by atoms with E-state index in [-0.39, 0.29) is 23.5 Å². The number of cyclic esters (lactones) is 1. The molecule has 0 aliphatic carbocycles. The van der Waals surface area contributed by atoms with Crippen LogP contribution in [0.25, 0.3) is 0 Å². The largest absolute Gasteiger partial charge is 0.457 e. The zero-order valence-electron chi connectivity index (χ0n) is 15.5. The third kappa shape index (κ3) is 4.09. The summed E-state index contributed by atoms with van der Waals surface area (Å²) in [5.74, 6) is -0.211. The van der Waals surface area contributed by atoms with E-state index >= 15 is 0 Å². The lowest BCUT2D eigenvalue weighted by Crippen LogP contribution is -2.20. The maximum absolute atomic E-state index is 12.3. The van der Waals surface area contributed by atoms with Crippen LogP contribution in [0, 0.1) is 23.7 Å². The van der Waals surface area contributed by atoms with E-state index in [1.165, 1.54) is 0 Å². The summed E-state index contributed by atoms with van der Waals surface area (Å²) in [7, 11) is 0. The fraction of sp³-hybridized carbons (Fsp3) is 0.286. The fourth-order valence-corrected chi connectivity index (χ4v) is 3.25. The highest BCUT2D eigenvalue weighted by Gasteiger charge is 2.42. The molecule has 2 aromatic rings. The summed E-state index contributed by atoms with van der Waals surface area (Å²) in [6.07, 6.45) is 0.0314. The van der Waals surface area contributed by atoms with E-state index in [1.807, 2.05) is 39.0 Å². The first kappa shape index (κ1) is 18.5. The lowest BCUT2D eigenvalue weighted by molar-refractivity contribution is -0.142. The molecule has 27 heavy (non-hydrogen) atoms. The van der Waals surface area contributed by atoms with Crippen LogP contribution in [0.3, 0.4) is 0 Å². The number of urea groups is 1. The highest BCUT2D eigenvalue weighted by molar-refractivity contribution is 6.00. The molecule has 0 radical (unpaired) electrons. The minimum absolute atomic E-state index is 0.211. The van der Waals surface area contributed by atoms with Crippen molar-refractivity contribution in [3.8, 4) is 6.07 Å². The zero-order valence-corrected chi connectivity index (χ0v) is 15.5. The van der Waals surface area contributed by atoms with Gasteiger partial charge in [0.15, 0.2) is 0 Å². The molecule has 1 saturated heterocycles. The van der Waals surface area contributed by atoms with Crippen LogP contribution in [-0.2, 0) is 9.53 Å². The second kappa shape index (κ2) is 7.12.